The number of benzene rings is 2. The Morgan fingerprint density at radius 3 is 2.46 bits per heavy atom. The fourth-order valence-electron chi connectivity index (χ4n) is 3.49. The zero-order valence-corrected chi connectivity index (χ0v) is 15.3. The molecular weight excluding hydrogens is 326 g/mol. The fourth-order valence-corrected chi connectivity index (χ4v) is 3.49. The van der Waals surface area contributed by atoms with Crippen molar-refractivity contribution in [3.05, 3.63) is 60.2 Å². The lowest BCUT2D eigenvalue weighted by molar-refractivity contribution is 0.158. The molecule has 0 spiro atoms. The minimum Gasteiger partial charge on any atom is -0.496 e. The molecule has 1 atom stereocenters. The molecule has 1 heterocycles. The van der Waals surface area contributed by atoms with Gasteiger partial charge < -0.3 is 15.4 Å². The third-order valence-corrected chi connectivity index (χ3v) is 4.82. The summed E-state index contributed by atoms with van der Waals surface area (Å²) in [6.07, 6.45) is 3.67. The van der Waals surface area contributed by atoms with Crippen molar-refractivity contribution in [1.82, 2.24) is 10.2 Å². The minimum atomic E-state index is -0.187. The normalized spacial score (nSPS) is 15.9. The van der Waals surface area contributed by atoms with Crippen molar-refractivity contribution in [2.75, 3.05) is 32.1 Å². The van der Waals surface area contributed by atoms with Gasteiger partial charge >= 0.3 is 6.03 Å². The van der Waals surface area contributed by atoms with Gasteiger partial charge in [0.25, 0.3) is 0 Å². The number of hydrogen-bond donors (Lipinski definition) is 2. The Bertz CT molecular complexity index is 699. The maximum atomic E-state index is 12.3. The van der Waals surface area contributed by atoms with E-state index in [0.29, 0.717) is 6.54 Å². The van der Waals surface area contributed by atoms with Crippen LogP contribution in [0.5, 0.6) is 5.75 Å². The highest BCUT2D eigenvalue weighted by Gasteiger charge is 2.25. The zero-order valence-electron chi connectivity index (χ0n) is 15.3. The van der Waals surface area contributed by atoms with E-state index in [-0.39, 0.29) is 12.1 Å². The molecule has 0 bridgehead atoms. The molecule has 1 aliphatic rings. The Balaban J connectivity index is 1.70. The van der Waals surface area contributed by atoms with Crippen LogP contribution in [0, 0.1) is 0 Å². The lowest BCUT2D eigenvalue weighted by Gasteiger charge is -2.35. The van der Waals surface area contributed by atoms with Gasteiger partial charge in [0.05, 0.1) is 13.2 Å². The quantitative estimate of drug-likeness (QED) is 0.824. The van der Waals surface area contributed by atoms with Crippen LogP contribution in [0.25, 0.3) is 0 Å². The summed E-state index contributed by atoms with van der Waals surface area (Å²) in [7, 11) is 1.70. The molecule has 26 heavy (non-hydrogen) atoms. The smallest absolute Gasteiger partial charge is 0.319 e. The summed E-state index contributed by atoms with van der Waals surface area (Å²) in [6.45, 7) is 2.63. The summed E-state index contributed by atoms with van der Waals surface area (Å²) in [5.74, 6) is 0.869. The van der Waals surface area contributed by atoms with Crippen molar-refractivity contribution in [2.24, 2.45) is 0 Å². The van der Waals surface area contributed by atoms with Gasteiger partial charge in [-0.05, 0) is 44.1 Å². The summed E-state index contributed by atoms with van der Waals surface area (Å²) in [6, 6.07) is 17.5. The summed E-state index contributed by atoms with van der Waals surface area (Å²) < 4.78 is 5.56. The Labute approximate surface area is 155 Å². The summed E-state index contributed by atoms with van der Waals surface area (Å²) in [5.41, 5.74) is 1.91. The van der Waals surface area contributed by atoms with E-state index in [1.807, 2.05) is 48.5 Å². The second-order valence-electron chi connectivity index (χ2n) is 6.56. The van der Waals surface area contributed by atoms with E-state index in [1.54, 1.807) is 7.11 Å². The van der Waals surface area contributed by atoms with Gasteiger partial charge in [-0.1, -0.05) is 42.8 Å². The molecule has 0 saturated carbocycles. The lowest BCUT2D eigenvalue weighted by Crippen LogP contribution is -2.41. The first-order chi connectivity index (χ1) is 12.8. The Kier molecular flexibility index (Phi) is 6.50. The SMILES string of the molecule is COc1ccccc1C(CNC(=O)Nc1ccccc1)N1CCCCC1. The highest BCUT2D eigenvalue weighted by Crippen LogP contribution is 2.30. The second-order valence-corrected chi connectivity index (χ2v) is 6.56. The number of nitrogens with one attached hydrogen (secondary N) is 2. The van der Waals surface area contributed by atoms with Crippen LogP contribution in [0.4, 0.5) is 10.5 Å². The molecular formula is C21H27N3O2. The van der Waals surface area contributed by atoms with Crippen LogP contribution in [0.1, 0.15) is 30.9 Å². The largest absolute Gasteiger partial charge is 0.496 e. The maximum absolute atomic E-state index is 12.3. The first-order valence-electron chi connectivity index (χ1n) is 9.25. The van der Waals surface area contributed by atoms with Crippen LogP contribution in [-0.2, 0) is 0 Å². The van der Waals surface area contributed by atoms with Crippen molar-refractivity contribution < 1.29 is 9.53 Å². The average Bonchev–Trinajstić information content (AvgIpc) is 2.70. The van der Waals surface area contributed by atoms with Gasteiger partial charge in [-0.25, -0.2) is 4.79 Å². The van der Waals surface area contributed by atoms with E-state index in [2.05, 4.69) is 21.6 Å². The minimum absolute atomic E-state index is 0.105. The predicted molar refractivity (Wildman–Crippen MR) is 105 cm³/mol. The van der Waals surface area contributed by atoms with Crippen molar-refractivity contribution in [3.8, 4) is 5.75 Å². The number of urea groups is 1. The van der Waals surface area contributed by atoms with Gasteiger partial charge in [-0.2, -0.15) is 0 Å². The van der Waals surface area contributed by atoms with E-state index in [0.717, 1.165) is 30.1 Å². The third kappa shape index (κ3) is 4.76. The number of ether oxygens (including phenoxy) is 1. The number of para-hydroxylation sites is 2. The number of carbonyl (C=O) groups excluding carboxylic acids is 1. The molecule has 1 aliphatic heterocycles. The Morgan fingerprint density at radius 1 is 1.04 bits per heavy atom. The van der Waals surface area contributed by atoms with Gasteiger partial charge in [0.2, 0.25) is 0 Å². The molecule has 138 valence electrons. The highest BCUT2D eigenvalue weighted by molar-refractivity contribution is 5.89. The lowest BCUT2D eigenvalue weighted by atomic mass is 10.0. The maximum Gasteiger partial charge on any atom is 0.319 e. The fraction of sp³-hybridized carbons (Fsp3) is 0.381. The molecule has 5 nitrogen and oxygen atoms in total. The van der Waals surface area contributed by atoms with Gasteiger partial charge in [-0.3, -0.25) is 4.90 Å². The highest BCUT2D eigenvalue weighted by atomic mass is 16.5. The molecule has 2 aromatic carbocycles. The summed E-state index contributed by atoms with van der Waals surface area (Å²) in [4.78, 5) is 14.8. The van der Waals surface area contributed by atoms with Gasteiger partial charge in [0, 0.05) is 17.8 Å². The van der Waals surface area contributed by atoms with Crippen LogP contribution < -0.4 is 15.4 Å². The van der Waals surface area contributed by atoms with Crippen molar-refractivity contribution in [1.29, 1.82) is 0 Å². The molecule has 1 unspecified atom stereocenters. The van der Waals surface area contributed by atoms with E-state index >= 15 is 0 Å². The van der Waals surface area contributed by atoms with Crippen LogP contribution in [0.15, 0.2) is 54.6 Å². The molecule has 2 aromatic rings. The van der Waals surface area contributed by atoms with Crippen LogP contribution in [-0.4, -0.2) is 37.7 Å². The standard InChI is InChI=1S/C21H27N3O2/c1-26-20-13-7-6-12-18(20)19(24-14-8-3-9-15-24)16-22-21(25)23-17-10-4-2-5-11-17/h2,4-7,10-13,19H,3,8-9,14-16H2,1H3,(H2,22,23,25). The average molecular weight is 353 g/mol. The molecule has 0 radical (unpaired) electrons. The number of nitrogens with zero attached hydrogens (tertiary/aromatic N) is 1. The molecule has 5 heteroatoms. The molecule has 2 amide bonds. The molecule has 0 aliphatic carbocycles. The van der Waals surface area contributed by atoms with Gasteiger partial charge in [0.1, 0.15) is 5.75 Å². The number of carbonyl (C=O) groups is 1. The van der Waals surface area contributed by atoms with E-state index in [9.17, 15) is 4.79 Å². The number of piperidine rings is 1. The van der Waals surface area contributed by atoms with Crippen LogP contribution >= 0.6 is 0 Å². The third-order valence-electron chi connectivity index (χ3n) is 4.82. The number of likely N-dealkylation sites (tertiary alicyclic amines) is 1. The van der Waals surface area contributed by atoms with Gasteiger partial charge in [-0.15, -0.1) is 0 Å². The number of rotatable bonds is 6. The number of anilines is 1. The van der Waals surface area contributed by atoms with Crippen molar-refractivity contribution in [3.63, 3.8) is 0 Å². The first-order valence-corrected chi connectivity index (χ1v) is 9.25. The predicted octanol–water partition coefficient (Wildman–Crippen LogP) is 4.04. The van der Waals surface area contributed by atoms with E-state index in [4.69, 9.17) is 4.74 Å². The topological polar surface area (TPSA) is 53.6 Å². The van der Waals surface area contributed by atoms with Gasteiger partial charge in [0.15, 0.2) is 0 Å². The zero-order chi connectivity index (χ0) is 18.2. The summed E-state index contributed by atoms with van der Waals surface area (Å²) >= 11 is 0. The van der Waals surface area contributed by atoms with E-state index in [1.165, 1.54) is 19.3 Å². The molecule has 1 fully saturated rings. The molecule has 0 aromatic heterocycles. The number of amides is 2. The van der Waals surface area contributed by atoms with Crippen molar-refractivity contribution >= 4 is 11.7 Å². The van der Waals surface area contributed by atoms with E-state index < -0.39 is 0 Å². The first kappa shape index (κ1) is 18.3. The second kappa shape index (κ2) is 9.25. The van der Waals surface area contributed by atoms with Crippen LogP contribution in [0.2, 0.25) is 0 Å². The van der Waals surface area contributed by atoms with Crippen molar-refractivity contribution in [2.45, 2.75) is 25.3 Å². The number of hydrogen-bond acceptors (Lipinski definition) is 3. The molecule has 3 rings (SSSR count). The number of methoxy groups -OCH3 is 1. The summed E-state index contributed by atoms with van der Waals surface area (Å²) in [5, 5.41) is 5.91. The monoisotopic (exact) mass is 353 g/mol. The Hall–Kier alpha value is -2.53. The molecule has 2 N–H and O–H groups in total. The Morgan fingerprint density at radius 2 is 1.73 bits per heavy atom. The molecule has 1 saturated heterocycles. The van der Waals surface area contributed by atoms with Crippen LogP contribution in [0.3, 0.4) is 0 Å².